The van der Waals surface area contributed by atoms with Gasteiger partial charge in [0.1, 0.15) is 0 Å². The molecule has 0 aromatic carbocycles. The molecule has 104 valence electrons. The molecular formula is C14H16N4O2. The van der Waals surface area contributed by atoms with Gasteiger partial charge in [-0.15, -0.1) is 0 Å². The van der Waals surface area contributed by atoms with E-state index in [4.69, 9.17) is 0 Å². The summed E-state index contributed by atoms with van der Waals surface area (Å²) in [5.74, 6) is 0.592. The van der Waals surface area contributed by atoms with E-state index in [0.717, 1.165) is 22.5 Å². The fraction of sp³-hybridized carbons (Fsp3) is 0.357. The Bertz CT molecular complexity index is 623. The van der Waals surface area contributed by atoms with Crippen molar-refractivity contribution >= 4 is 23.2 Å². The molecule has 0 aliphatic carbocycles. The van der Waals surface area contributed by atoms with Crippen LogP contribution in [0.5, 0.6) is 0 Å². The second kappa shape index (κ2) is 4.63. The Kier molecular flexibility index (Phi) is 2.93. The number of fused-ring (bicyclic) bond motifs is 2. The SMILES string of the molecule is CC(=O)NN1CC2=C(c3cccnc31)C(C)NC(=O)C2. The number of hydrogen-bond acceptors (Lipinski definition) is 4. The highest BCUT2D eigenvalue weighted by Crippen LogP contribution is 2.37. The smallest absolute Gasteiger partial charge is 0.235 e. The highest BCUT2D eigenvalue weighted by molar-refractivity contribution is 5.93. The fourth-order valence-corrected chi connectivity index (χ4v) is 2.90. The van der Waals surface area contributed by atoms with Gasteiger partial charge in [-0.05, 0) is 30.2 Å². The van der Waals surface area contributed by atoms with Crippen molar-refractivity contribution in [3.05, 3.63) is 29.5 Å². The lowest BCUT2D eigenvalue weighted by atomic mass is 9.87. The maximum atomic E-state index is 11.7. The summed E-state index contributed by atoms with van der Waals surface area (Å²) in [6.45, 7) is 3.93. The van der Waals surface area contributed by atoms with Crippen LogP contribution in [0, 0.1) is 0 Å². The number of pyridine rings is 1. The molecule has 6 heteroatoms. The molecule has 2 N–H and O–H groups in total. The van der Waals surface area contributed by atoms with Crippen molar-refractivity contribution in [1.29, 1.82) is 0 Å². The number of anilines is 1. The van der Waals surface area contributed by atoms with Crippen LogP contribution in [-0.2, 0) is 9.59 Å². The zero-order valence-corrected chi connectivity index (χ0v) is 11.4. The van der Waals surface area contributed by atoms with Crippen molar-refractivity contribution in [2.45, 2.75) is 26.3 Å². The first-order chi connectivity index (χ1) is 9.56. The highest BCUT2D eigenvalue weighted by Gasteiger charge is 2.33. The minimum absolute atomic E-state index is 0.0198. The van der Waals surface area contributed by atoms with Gasteiger partial charge in [-0.1, -0.05) is 0 Å². The fourth-order valence-electron chi connectivity index (χ4n) is 2.90. The summed E-state index contributed by atoms with van der Waals surface area (Å²) in [4.78, 5) is 27.4. The molecule has 1 aromatic heterocycles. The summed E-state index contributed by atoms with van der Waals surface area (Å²) in [6.07, 6.45) is 2.06. The van der Waals surface area contributed by atoms with Crippen LogP contribution in [0.2, 0.25) is 0 Å². The normalized spacial score (nSPS) is 21.0. The van der Waals surface area contributed by atoms with E-state index in [1.165, 1.54) is 6.92 Å². The molecule has 1 aromatic rings. The van der Waals surface area contributed by atoms with Crippen LogP contribution in [0.15, 0.2) is 23.9 Å². The molecule has 6 nitrogen and oxygen atoms in total. The van der Waals surface area contributed by atoms with Crippen LogP contribution in [0.3, 0.4) is 0 Å². The average Bonchev–Trinajstić information content (AvgIpc) is 2.37. The quantitative estimate of drug-likeness (QED) is 0.785. The van der Waals surface area contributed by atoms with E-state index in [-0.39, 0.29) is 17.9 Å². The van der Waals surface area contributed by atoms with Gasteiger partial charge in [-0.3, -0.25) is 20.0 Å². The van der Waals surface area contributed by atoms with Crippen LogP contribution in [0.1, 0.15) is 25.8 Å². The Morgan fingerprint density at radius 2 is 2.35 bits per heavy atom. The van der Waals surface area contributed by atoms with Gasteiger partial charge in [0.25, 0.3) is 0 Å². The number of aromatic nitrogens is 1. The zero-order valence-electron chi connectivity index (χ0n) is 11.4. The molecular weight excluding hydrogens is 256 g/mol. The summed E-state index contributed by atoms with van der Waals surface area (Å²) < 4.78 is 0. The van der Waals surface area contributed by atoms with Crippen molar-refractivity contribution in [2.75, 3.05) is 11.6 Å². The molecule has 0 bridgehead atoms. The van der Waals surface area contributed by atoms with Gasteiger partial charge >= 0.3 is 0 Å². The molecule has 1 unspecified atom stereocenters. The highest BCUT2D eigenvalue weighted by atomic mass is 16.2. The predicted molar refractivity (Wildman–Crippen MR) is 74.5 cm³/mol. The number of nitrogens with zero attached hydrogens (tertiary/aromatic N) is 2. The average molecular weight is 272 g/mol. The van der Waals surface area contributed by atoms with Crippen molar-refractivity contribution in [3.8, 4) is 0 Å². The number of carbonyl (C=O) groups excluding carboxylic acids is 2. The summed E-state index contributed by atoms with van der Waals surface area (Å²) in [7, 11) is 0. The van der Waals surface area contributed by atoms with Crippen molar-refractivity contribution in [2.24, 2.45) is 0 Å². The van der Waals surface area contributed by atoms with Gasteiger partial charge in [0.05, 0.1) is 19.0 Å². The minimum Gasteiger partial charge on any atom is -0.349 e. The van der Waals surface area contributed by atoms with Crippen molar-refractivity contribution < 1.29 is 9.59 Å². The largest absolute Gasteiger partial charge is 0.349 e. The van der Waals surface area contributed by atoms with Gasteiger partial charge in [-0.25, -0.2) is 4.98 Å². The molecule has 0 fully saturated rings. The van der Waals surface area contributed by atoms with Crippen molar-refractivity contribution in [1.82, 2.24) is 15.7 Å². The third-order valence-corrected chi connectivity index (χ3v) is 3.54. The van der Waals surface area contributed by atoms with E-state index in [2.05, 4.69) is 15.7 Å². The molecule has 2 aliphatic rings. The summed E-state index contributed by atoms with van der Waals surface area (Å²) in [5, 5.41) is 4.65. The number of amides is 2. The Balaban J connectivity index is 2.10. The van der Waals surface area contributed by atoms with Gasteiger partial charge in [-0.2, -0.15) is 0 Å². The number of hydrogen-bond donors (Lipinski definition) is 2. The second-order valence-corrected chi connectivity index (χ2v) is 5.11. The Morgan fingerprint density at radius 3 is 3.10 bits per heavy atom. The molecule has 0 spiro atoms. The topological polar surface area (TPSA) is 74.3 Å². The lowest BCUT2D eigenvalue weighted by Gasteiger charge is -2.37. The molecule has 2 aliphatic heterocycles. The Morgan fingerprint density at radius 1 is 1.55 bits per heavy atom. The zero-order chi connectivity index (χ0) is 14.3. The van der Waals surface area contributed by atoms with Gasteiger partial charge in [0.2, 0.25) is 11.8 Å². The standard InChI is InChI=1S/C14H16N4O2/c1-8-13-10(6-12(20)16-8)7-18(17-9(2)19)14-11(13)4-3-5-15-14/h3-5,8H,6-7H2,1-2H3,(H,16,20)(H,17,19). The van der Waals surface area contributed by atoms with E-state index in [0.29, 0.717) is 13.0 Å². The third kappa shape index (κ3) is 2.03. The van der Waals surface area contributed by atoms with Crippen LogP contribution >= 0.6 is 0 Å². The van der Waals surface area contributed by atoms with E-state index in [1.807, 2.05) is 19.1 Å². The second-order valence-electron chi connectivity index (χ2n) is 5.11. The summed E-state index contributed by atoms with van der Waals surface area (Å²) in [6, 6.07) is 3.80. The first-order valence-electron chi connectivity index (χ1n) is 6.57. The Hall–Kier alpha value is -2.37. The van der Waals surface area contributed by atoms with Crippen molar-refractivity contribution in [3.63, 3.8) is 0 Å². The predicted octanol–water partition coefficient (Wildman–Crippen LogP) is 0.615. The van der Waals surface area contributed by atoms with E-state index < -0.39 is 0 Å². The lowest BCUT2D eigenvalue weighted by molar-refractivity contribution is -0.121. The Labute approximate surface area is 116 Å². The van der Waals surface area contributed by atoms with E-state index >= 15 is 0 Å². The summed E-state index contributed by atoms with van der Waals surface area (Å²) >= 11 is 0. The van der Waals surface area contributed by atoms with Gasteiger partial charge in [0.15, 0.2) is 5.82 Å². The number of hydrazine groups is 1. The third-order valence-electron chi connectivity index (χ3n) is 3.54. The number of nitrogens with one attached hydrogen (secondary N) is 2. The van der Waals surface area contributed by atoms with Crippen LogP contribution in [0.25, 0.3) is 5.57 Å². The maximum Gasteiger partial charge on any atom is 0.235 e. The minimum atomic E-state index is -0.154. The molecule has 2 amide bonds. The molecule has 0 saturated heterocycles. The molecule has 0 radical (unpaired) electrons. The number of rotatable bonds is 1. The monoisotopic (exact) mass is 272 g/mol. The summed E-state index contributed by atoms with van der Waals surface area (Å²) in [5.41, 5.74) is 5.89. The molecule has 20 heavy (non-hydrogen) atoms. The first kappa shape index (κ1) is 12.7. The first-order valence-corrected chi connectivity index (χ1v) is 6.57. The van der Waals surface area contributed by atoms with Crippen LogP contribution in [0.4, 0.5) is 5.82 Å². The van der Waals surface area contributed by atoms with Gasteiger partial charge < -0.3 is 5.32 Å². The molecule has 1 atom stereocenters. The van der Waals surface area contributed by atoms with Crippen LogP contribution in [-0.4, -0.2) is 29.4 Å². The number of carbonyl (C=O) groups is 2. The van der Waals surface area contributed by atoms with E-state index in [9.17, 15) is 9.59 Å². The van der Waals surface area contributed by atoms with Gasteiger partial charge in [0, 0.05) is 18.7 Å². The lowest BCUT2D eigenvalue weighted by Crippen LogP contribution is -2.49. The van der Waals surface area contributed by atoms with Crippen LogP contribution < -0.4 is 15.8 Å². The van der Waals surface area contributed by atoms with E-state index in [1.54, 1.807) is 11.2 Å². The molecule has 3 heterocycles. The maximum absolute atomic E-state index is 11.7. The molecule has 0 saturated carbocycles. The molecule has 3 rings (SSSR count).